The minimum absolute atomic E-state index is 0.0677. The fraction of sp³-hybridized carbons (Fsp3) is 0.500. The van der Waals surface area contributed by atoms with E-state index in [9.17, 15) is 14.0 Å². The number of carbonyl (C=O) groups is 2. The van der Waals surface area contributed by atoms with E-state index in [0.717, 1.165) is 5.56 Å². The fourth-order valence-electron chi connectivity index (χ4n) is 2.48. The molecule has 1 aliphatic rings. The molecule has 1 saturated heterocycles. The second kappa shape index (κ2) is 7.20. The Bertz CT molecular complexity index is 518. The molecule has 1 amide bonds. The van der Waals surface area contributed by atoms with E-state index in [1.54, 1.807) is 6.07 Å². The summed E-state index contributed by atoms with van der Waals surface area (Å²) >= 11 is 0. The third-order valence-corrected chi connectivity index (χ3v) is 3.50. The predicted molar refractivity (Wildman–Crippen MR) is 76.0 cm³/mol. The van der Waals surface area contributed by atoms with Gasteiger partial charge in [0.15, 0.2) is 0 Å². The molecular formula is C16H20FNO3. The molecule has 1 fully saturated rings. The topological polar surface area (TPSA) is 55.4 Å². The highest BCUT2D eigenvalue weighted by Gasteiger charge is 2.23. The minimum Gasteiger partial charge on any atom is -0.460 e. The number of ether oxygens (including phenoxy) is 1. The zero-order valence-electron chi connectivity index (χ0n) is 12.1. The second-order valence-corrected chi connectivity index (χ2v) is 5.60. The van der Waals surface area contributed by atoms with E-state index < -0.39 is 0 Å². The molecule has 0 bridgehead atoms. The first kappa shape index (κ1) is 15.5. The summed E-state index contributed by atoms with van der Waals surface area (Å²) in [5, 5.41) is 2.78. The zero-order chi connectivity index (χ0) is 15.2. The maximum Gasteiger partial charge on any atom is 0.306 e. The van der Waals surface area contributed by atoms with Crippen LogP contribution in [0.25, 0.3) is 0 Å². The first-order valence-corrected chi connectivity index (χ1v) is 7.23. The summed E-state index contributed by atoms with van der Waals surface area (Å²) in [6, 6.07) is 6.43. The Morgan fingerprint density at radius 2 is 2.33 bits per heavy atom. The molecule has 0 aliphatic carbocycles. The van der Waals surface area contributed by atoms with Gasteiger partial charge in [0.25, 0.3) is 0 Å². The lowest BCUT2D eigenvalue weighted by Gasteiger charge is -2.14. The lowest BCUT2D eigenvalue weighted by Crippen LogP contribution is -2.33. The largest absolute Gasteiger partial charge is 0.460 e. The van der Waals surface area contributed by atoms with Crippen LogP contribution in [0.1, 0.15) is 31.7 Å². The lowest BCUT2D eigenvalue weighted by molar-refractivity contribution is -0.141. The van der Waals surface area contributed by atoms with Crippen LogP contribution < -0.4 is 5.32 Å². The molecule has 0 saturated carbocycles. The van der Waals surface area contributed by atoms with Gasteiger partial charge in [-0.15, -0.1) is 0 Å². The molecule has 1 aliphatic heterocycles. The van der Waals surface area contributed by atoms with E-state index in [4.69, 9.17) is 4.74 Å². The molecule has 0 aromatic heterocycles. The van der Waals surface area contributed by atoms with Crippen LogP contribution in [0.5, 0.6) is 0 Å². The monoisotopic (exact) mass is 293 g/mol. The third-order valence-electron chi connectivity index (χ3n) is 3.50. The number of nitrogens with one attached hydrogen (secondary N) is 1. The summed E-state index contributed by atoms with van der Waals surface area (Å²) in [6.45, 7) is 2.33. The van der Waals surface area contributed by atoms with Gasteiger partial charge in [-0.3, -0.25) is 9.59 Å². The smallest absolute Gasteiger partial charge is 0.306 e. The van der Waals surface area contributed by atoms with Gasteiger partial charge in [0.1, 0.15) is 11.9 Å². The van der Waals surface area contributed by atoms with Crippen LogP contribution in [-0.4, -0.2) is 24.5 Å². The molecular weight excluding hydrogens is 273 g/mol. The number of hydrogen-bond acceptors (Lipinski definition) is 3. The van der Waals surface area contributed by atoms with Crippen LogP contribution in [0.15, 0.2) is 24.3 Å². The molecule has 0 radical (unpaired) electrons. The van der Waals surface area contributed by atoms with Crippen molar-refractivity contribution in [3.05, 3.63) is 35.6 Å². The molecule has 0 spiro atoms. The first-order chi connectivity index (χ1) is 10.0. The van der Waals surface area contributed by atoms with Gasteiger partial charge in [0, 0.05) is 12.8 Å². The highest BCUT2D eigenvalue weighted by molar-refractivity contribution is 5.76. The van der Waals surface area contributed by atoms with Crippen molar-refractivity contribution in [3.63, 3.8) is 0 Å². The molecule has 2 rings (SSSR count). The molecule has 4 nitrogen and oxygen atoms in total. The summed E-state index contributed by atoms with van der Waals surface area (Å²) in [5.74, 6) is -0.402. The van der Waals surface area contributed by atoms with E-state index in [0.29, 0.717) is 32.2 Å². The summed E-state index contributed by atoms with van der Waals surface area (Å²) < 4.78 is 18.1. The van der Waals surface area contributed by atoms with Crippen molar-refractivity contribution in [1.29, 1.82) is 0 Å². The van der Waals surface area contributed by atoms with E-state index in [-0.39, 0.29) is 29.7 Å². The number of cyclic esters (lactones) is 1. The van der Waals surface area contributed by atoms with E-state index >= 15 is 0 Å². The highest BCUT2D eigenvalue weighted by Crippen LogP contribution is 2.14. The van der Waals surface area contributed by atoms with Gasteiger partial charge in [-0.05, 0) is 36.5 Å². The SMILES string of the molecule is CC(CC(=O)NCC1CCC(=O)O1)Cc1cccc(F)c1. The van der Waals surface area contributed by atoms with Gasteiger partial charge >= 0.3 is 5.97 Å². The number of amides is 1. The Labute approximate surface area is 123 Å². The molecule has 1 N–H and O–H groups in total. The maximum atomic E-state index is 13.1. The number of benzene rings is 1. The van der Waals surface area contributed by atoms with Crippen molar-refractivity contribution >= 4 is 11.9 Å². The summed E-state index contributed by atoms with van der Waals surface area (Å²) in [7, 11) is 0. The molecule has 114 valence electrons. The van der Waals surface area contributed by atoms with Crippen LogP contribution in [0.4, 0.5) is 4.39 Å². The van der Waals surface area contributed by atoms with Crippen molar-refractivity contribution in [3.8, 4) is 0 Å². The molecule has 1 heterocycles. The number of carbonyl (C=O) groups excluding carboxylic acids is 2. The van der Waals surface area contributed by atoms with Gasteiger partial charge in [0.05, 0.1) is 6.54 Å². The highest BCUT2D eigenvalue weighted by atomic mass is 19.1. The molecule has 5 heteroatoms. The average molecular weight is 293 g/mol. The number of halogens is 1. The van der Waals surface area contributed by atoms with Crippen molar-refractivity contribution < 1.29 is 18.7 Å². The average Bonchev–Trinajstić information content (AvgIpc) is 2.82. The van der Waals surface area contributed by atoms with E-state index in [1.807, 2.05) is 13.0 Å². The summed E-state index contributed by atoms with van der Waals surface area (Å²) in [5.41, 5.74) is 0.889. The third kappa shape index (κ3) is 5.17. The Kier molecular flexibility index (Phi) is 5.31. The number of hydrogen-bond donors (Lipinski definition) is 1. The van der Waals surface area contributed by atoms with E-state index in [2.05, 4.69) is 5.32 Å². The Morgan fingerprint density at radius 1 is 1.52 bits per heavy atom. The second-order valence-electron chi connectivity index (χ2n) is 5.60. The van der Waals surface area contributed by atoms with Crippen LogP contribution in [-0.2, 0) is 20.7 Å². The van der Waals surface area contributed by atoms with Crippen molar-refractivity contribution in [2.45, 2.75) is 38.7 Å². The van der Waals surface area contributed by atoms with E-state index in [1.165, 1.54) is 12.1 Å². The molecule has 2 atom stereocenters. The molecule has 1 aromatic carbocycles. The van der Waals surface area contributed by atoms with Crippen molar-refractivity contribution in [1.82, 2.24) is 5.32 Å². The first-order valence-electron chi connectivity index (χ1n) is 7.23. The molecule has 1 aromatic rings. The normalized spacial score (nSPS) is 19.1. The Hall–Kier alpha value is -1.91. The van der Waals surface area contributed by atoms with Crippen LogP contribution in [0, 0.1) is 11.7 Å². The van der Waals surface area contributed by atoms with Gasteiger partial charge in [-0.25, -0.2) is 4.39 Å². The lowest BCUT2D eigenvalue weighted by atomic mass is 9.97. The van der Waals surface area contributed by atoms with Crippen molar-refractivity contribution in [2.75, 3.05) is 6.54 Å². The Morgan fingerprint density at radius 3 is 3.00 bits per heavy atom. The molecule has 21 heavy (non-hydrogen) atoms. The van der Waals surface area contributed by atoms with Gasteiger partial charge in [0.2, 0.25) is 5.91 Å². The standard InChI is InChI=1S/C16H20FNO3/c1-11(7-12-3-2-4-13(17)9-12)8-15(19)18-10-14-5-6-16(20)21-14/h2-4,9,11,14H,5-8,10H2,1H3,(H,18,19). The predicted octanol–water partition coefficient (Wildman–Crippen LogP) is 2.22. The molecule has 2 unspecified atom stereocenters. The zero-order valence-corrected chi connectivity index (χ0v) is 12.1. The quantitative estimate of drug-likeness (QED) is 0.818. The van der Waals surface area contributed by atoms with Crippen LogP contribution >= 0.6 is 0 Å². The van der Waals surface area contributed by atoms with Gasteiger partial charge in [-0.1, -0.05) is 19.1 Å². The number of esters is 1. The van der Waals surface area contributed by atoms with Crippen molar-refractivity contribution in [2.24, 2.45) is 5.92 Å². The maximum absolute atomic E-state index is 13.1. The fourth-order valence-corrected chi connectivity index (χ4v) is 2.48. The van der Waals surface area contributed by atoms with Gasteiger partial charge < -0.3 is 10.1 Å². The van der Waals surface area contributed by atoms with Gasteiger partial charge in [-0.2, -0.15) is 0 Å². The summed E-state index contributed by atoms with van der Waals surface area (Å²) in [4.78, 5) is 22.8. The summed E-state index contributed by atoms with van der Waals surface area (Å²) in [6.07, 6.45) is 1.93. The minimum atomic E-state index is -0.257. The van der Waals surface area contributed by atoms with Crippen LogP contribution in [0.2, 0.25) is 0 Å². The Balaban J connectivity index is 1.70. The number of rotatable bonds is 6. The van der Waals surface area contributed by atoms with Crippen LogP contribution in [0.3, 0.4) is 0 Å².